The molecule has 110 valence electrons. The van der Waals surface area contributed by atoms with Gasteiger partial charge in [0.15, 0.2) is 5.92 Å². The maximum absolute atomic E-state index is 11.7. The third kappa shape index (κ3) is 8.18. The Morgan fingerprint density at radius 2 is 1.58 bits per heavy atom. The van der Waals surface area contributed by atoms with E-state index in [9.17, 15) is 14.4 Å². The molecule has 0 rings (SSSR count). The maximum Gasteiger partial charge on any atom is 0.321 e. The van der Waals surface area contributed by atoms with Crippen molar-refractivity contribution in [2.75, 3.05) is 0 Å². The molecule has 0 aromatic carbocycles. The van der Waals surface area contributed by atoms with Crippen LogP contribution in [0.15, 0.2) is 0 Å². The van der Waals surface area contributed by atoms with Gasteiger partial charge in [0, 0.05) is 5.54 Å². The van der Waals surface area contributed by atoms with E-state index in [1.54, 1.807) is 41.5 Å². The van der Waals surface area contributed by atoms with Crippen LogP contribution in [-0.2, 0) is 19.1 Å². The molecule has 0 aliphatic heterocycles. The number of hydrogen-bond acceptors (Lipinski definition) is 4. The number of carboxylic acids is 1. The van der Waals surface area contributed by atoms with E-state index in [0.717, 1.165) is 0 Å². The summed E-state index contributed by atoms with van der Waals surface area (Å²) in [5.74, 6) is -4.24. The number of aliphatic carboxylic acids is 1. The summed E-state index contributed by atoms with van der Waals surface area (Å²) in [6, 6.07) is 0. The first-order valence-corrected chi connectivity index (χ1v) is 6.08. The van der Waals surface area contributed by atoms with Crippen molar-refractivity contribution in [3.05, 3.63) is 0 Å². The van der Waals surface area contributed by atoms with Gasteiger partial charge in [-0.3, -0.25) is 14.4 Å². The molecule has 6 heteroatoms. The molecule has 0 spiro atoms. The number of carboxylic acid groups (broad SMARTS) is 1. The molecule has 0 saturated carbocycles. The highest BCUT2D eigenvalue weighted by Crippen LogP contribution is 2.15. The summed E-state index contributed by atoms with van der Waals surface area (Å²) in [5, 5.41) is 11.6. The van der Waals surface area contributed by atoms with E-state index in [0.29, 0.717) is 0 Å². The average molecular weight is 273 g/mol. The fraction of sp³-hybridized carbons (Fsp3) is 0.769. The van der Waals surface area contributed by atoms with Gasteiger partial charge in [0.1, 0.15) is 5.60 Å². The Bertz CT molecular complexity index is 362. The standard InChI is InChI=1S/C13H23NO5/c1-12(2,3)14-9(15)7-8(10(16)17)11(18)19-13(4,5)6/h8H,7H2,1-6H3,(H,14,15)(H,16,17)/t8-/m0/s1. The topological polar surface area (TPSA) is 92.7 Å². The summed E-state index contributed by atoms with van der Waals surface area (Å²) in [4.78, 5) is 34.4. The number of carbonyl (C=O) groups excluding carboxylic acids is 2. The Hall–Kier alpha value is -1.59. The Balaban J connectivity index is 4.72. The summed E-state index contributed by atoms with van der Waals surface area (Å²) >= 11 is 0. The molecule has 0 aromatic heterocycles. The molecule has 0 aliphatic rings. The Morgan fingerprint density at radius 3 is 1.89 bits per heavy atom. The van der Waals surface area contributed by atoms with Gasteiger partial charge in [0.05, 0.1) is 6.42 Å². The fourth-order valence-electron chi connectivity index (χ4n) is 1.30. The lowest BCUT2D eigenvalue weighted by Crippen LogP contribution is -2.43. The van der Waals surface area contributed by atoms with Crippen molar-refractivity contribution in [3.8, 4) is 0 Å². The third-order valence-electron chi connectivity index (χ3n) is 1.89. The van der Waals surface area contributed by atoms with Gasteiger partial charge in [-0.15, -0.1) is 0 Å². The van der Waals surface area contributed by atoms with Crippen LogP contribution in [0, 0.1) is 5.92 Å². The summed E-state index contributed by atoms with van der Waals surface area (Å²) in [6.07, 6.45) is -0.429. The van der Waals surface area contributed by atoms with E-state index in [1.807, 2.05) is 0 Å². The van der Waals surface area contributed by atoms with Crippen LogP contribution in [0.25, 0.3) is 0 Å². The second kappa shape index (κ2) is 6.04. The van der Waals surface area contributed by atoms with Crippen LogP contribution in [0.5, 0.6) is 0 Å². The molecule has 6 nitrogen and oxygen atoms in total. The number of carbonyl (C=O) groups is 3. The molecule has 0 bridgehead atoms. The first-order chi connectivity index (χ1) is 8.32. The van der Waals surface area contributed by atoms with E-state index in [2.05, 4.69) is 5.32 Å². The van der Waals surface area contributed by atoms with Crippen LogP contribution in [0.4, 0.5) is 0 Å². The zero-order valence-electron chi connectivity index (χ0n) is 12.4. The van der Waals surface area contributed by atoms with Gasteiger partial charge in [-0.05, 0) is 41.5 Å². The van der Waals surface area contributed by atoms with Crippen LogP contribution >= 0.6 is 0 Å². The van der Waals surface area contributed by atoms with E-state index in [4.69, 9.17) is 9.84 Å². The monoisotopic (exact) mass is 273 g/mol. The van der Waals surface area contributed by atoms with E-state index >= 15 is 0 Å². The Kier molecular flexibility index (Phi) is 5.53. The quantitative estimate of drug-likeness (QED) is 0.595. The Labute approximate surface area is 113 Å². The average Bonchev–Trinajstić information content (AvgIpc) is 2.07. The maximum atomic E-state index is 11.7. The van der Waals surface area contributed by atoms with E-state index < -0.39 is 41.3 Å². The number of esters is 1. The van der Waals surface area contributed by atoms with Gasteiger partial charge in [-0.1, -0.05) is 0 Å². The highest BCUT2D eigenvalue weighted by Gasteiger charge is 2.33. The molecule has 0 unspecified atom stereocenters. The SMILES string of the molecule is CC(C)(C)NC(=O)C[C@@H](C(=O)O)C(=O)OC(C)(C)C. The van der Waals surface area contributed by atoms with Crippen molar-refractivity contribution in [2.45, 2.75) is 59.1 Å². The van der Waals surface area contributed by atoms with Crippen molar-refractivity contribution >= 4 is 17.8 Å². The third-order valence-corrected chi connectivity index (χ3v) is 1.89. The fourth-order valence-corrected chi connectivity index (χ4v) is 1.30. The zero-order valence-corrected chi connectivity index (χ0v) is 12.4. The zero-order chi connectivity index (χ0) is 15.4. The lowest BCUT2D eigenvalue weighted by atomic mass is 10.0. The van der Waals surface area contributed by atoms with Gasteiger partial charge in [-0.2, -0.15) is 0 Å². The van der Waals surface area contributed by atoms with Crippen LogP contribution in [-0.4, -0.2) is 34.1 Å². The van der Waals surface area contributed by atoms with Gasteiger partial charge < -0.3 is 15.2 Å². The molecular formula is C13H23NO5. The number of nitrogens with one attached hydrogen (secondary N) is 1. The second-order valence-corrected chi connectivity index (χ2v) is 6.43. The van der Waals surface area contributed by atoms with Gasteiger partial charge in [-0.25, -0.2) is 0 Å². The summed E-state index contributed by atoms with van der Waals surface area (Å²) in [5.41, 5.74) is -1.26. The van der Waals surface area contributed by atoms with E-state index in [1.165, 1.54) is 0 Å². The van der Waals surface area contributed by atoms with Crippen molar-refractivity contribution in [2.24, 2.45) is 5.92 Å². The van der Waals surface area contributed by atoms with Crippen LogP contribution in [0.1, 0.15) is 48.0 Å². The summed E-state index contributed by atoms with van der Waals surface area (Å²) in [7, 11) is 0. The first-order valence-electron chi connectivity index (χ1n) is 6.08. The summed E-state index contributed by atoms with van der Waals surface area (Å²) in [6.45, 7) is 10.2. The molecule has 2 N–H and O–H groups in total. The van der Waals surface area contributed by atoms with Crippen LogP contribution in [0.3, 0.4) is 0 Å². The molecule has 19 heavy (non-hydrogen) atoms. The lowest BCUT2D eigenvalue weighted by molar-refractivity contribution is -0.168. The number of rotatable bonds is 4. The molecule has 0 aliphatic carbocycles. The molecule has 0 radical (unpaired) electrons. The number of hydrogen-bond donors (Lipinski definition) is 2. The minimum Gasteiger partial charge on any atom is -0.481 e. The molecule has 1 atom stereocenters. The molecule has 0 aromatic rings. The molecule has 0 saturated heterocycles. The molecule has 0 fully saturated rings. The minimum absolute atomic E-state index is 0.429. The second-order valence-electron chi connectivity index (χ2n) is 6.43. The molecular weight excluding hydrogens is 250 g/mol. The largest absolute Gasteiger partial charge is 0.481 e. The molecule has 1 amide bonds. The van der Waals surface area contributed by atoms with Crippen molar-refractivity contribution in [3.63, 3.8) is 0 Å². The smallest absolute Gasteiger partial charge is 0.321 e. The van der Waals surface area contributed by atoms with Crippen molar-refractivity contribution < 1.29 is 24.2 Å². The van der Waals surface area contributed by atoms with Crippen LogP contribution in [0.2, 0.25) is 0 Å². The predicted molar refractivity (Wildman–Crippen MR) is 69.5 cm³/mol. The van der Waals surface area contributed by atoms with Gasteiger partial charge >= 0.3 is 11.9 Å². The van der Waals surface area contributed by atoms with Gasteiger partial charge in [0.2, 0.25) is 5.91 Å². The minimum atomic E-state index is -1.48. The van der Waals surface area contributed by atoms with Crippen molar-refractivity contribution in [1.82, 2.24) is 5.32 Å². The van der Waals surface area contributed by atoms with E-state index in [-0.39, 0.29) is 0 Å². The van der Waals surface area contributed by atoms with Crippen molar-refractivity contribution in [1.29, 1.82) is 0 Å². The summed E-state index contributed by atoms with van der Waals surface area (Å²) < 4.78 is 4.99. The highest BCUT2D eigenvalue weighted by molar-refractivity contribution is 5.98. The van der Waals surface area contributed by atoms with Gasteiger partial charge in [0.25, 0.3) is 0 Å². The first kappa shape index (κ1) is 17.4. The number of amides is 1. The molecule has 0 heterocycles. The lowest BCUT2D eigenvalue weighted by Gasteiger charge is -2.24. The Morgan fingerprint density at radius 1 is 1.11 bits per heavy atom. The normalized spacial score (nSPS) is 13.6. The predicted octanol–water partition coefficient (Wildman–Crippen LogP) is 1.33. The number of ether oxygens (including phenoxy) is 1. The van der Waals surface area contributed by atoms with Crippen LogP contribution < -0.4 is 5.32 Å². The highest BCUT2D eigenvalue weighted by atomic mass is 16.6.